The van der Waals surface area contributed by atoms with Crippen LogP contribution in [0, 0.1) is 0 Å². The minimum absolute atomic E-state index is 0.0332. The maximum atomic E-state index is 12.9. The van der Waals surface area contributed by atoms with Crippen molar-refractivity contribution in [1.82, 2.24) is 4.90 Å². The number of alkyl halides is 3. The molecule has 0 aliphatic rings. The standard InChI is InChI=1S/C14H20F3NO2/c1-10(19)7-18(8-11(2)20)9-12-5-3-4-6-13(12)14(15,16)17/h3-6,10-11,19-20H,7-9H2,1-2H3/t10-,11-/m0/s1. The van der Waals surface area contributed by atoms with Crippen LogP contribution in [0.3, 0.4) is 0 Å². The van der Waals surface area contributed by atoms with Crippen molar-refractivity contribution < 1.29 is 23.4 Å². The summed E-state index contributed by atoms with van der Waals surface area (Å²) in [7, 11) is 0. The predicted molar refractivity (Wildman–Crippen MR) is 70.1 cm³/mol. The maximum absolute atomic E-state index is 12.9. The van der Waals surface area contributed by atoms with E-state index in [9.17, 15) is 23.4 Å². The van der Waals surface area contributed by atoms with E-state index >= 15 is 0 Å². The van der Waals surface area contributed by atoms with Gasteiger partial charge in [0.05, 0.1) is 17.8 Å². The van der Waals surface area contributed by atoms with Gasteiger partial charge in [-0.25, -0.2) is 0 Å². The van der Waals surface area contributed by atoms with Gasteiger partial charge in [0.15, 0.2) is 0 Å². The molecule has 20 heavy (non-hydrogen) atoms. The second-order valence-corrected chi connectivity index (χ2v) is 5.05. The SMILES string of the molecule is C[C@H](O)CN(Cc1ccccc1C(F)(F)F)C[C@H](C)O. The number of nitrogens with zero attached hydrogens (tertiary/aromatic N) is 1. The van der Waals surface area contributed by atoms with Gasteiger partial charge in [-0.2, -0.15) is 13.2 Å². The first kappa shape index (κ1) is 16.9. The van der Waals surface area contributed by atoms with Gasteiger partial charge in [-0.05, 0) is 25.5 Å². The van der Waals surface area contributed by atoms with E-state index in [0.29, 0.717) is 0 Å². The third-order valence-electron chi connectivity index (χ3n) is 2.76. The van der Waals surface area contributed by atoms with Crippen molar-refractivity contribution in [2.75, 3.05) is 13.1 Å². The van der Waals surface area contributed by atoms with E-state index in [-0.39, 0.29) is 25.2 Å². The molecule has 114 valence electrons. The number of hydrogen-bond donors (Lipinski definition) is 2. The van der Waals surface area contributed by atoms with Crippen LogP contribution in [0.1, 0.15) is 25.0 Å². The molecule has 2 N–H and O–H groups in total. The zero-order valence-corrected chi connectivity index (χ0v) is 11.6. The molecule has 1 rings (SSSR count). The second kappa shape index (κ2) is 7.06. The molecular formula is C14H20F3NO2. The number of rotatable bonds is 6. The fourth-order valence-corrected chi connectivity index (χ4v) is 2.13. The highest BCUT2D eigenvalue weighted by Gasteiger charge is 2.33. The van der Waals surface area contributed by atoms with Gasteiger partial charge in [0, 0.05) is 19.6 Å². The van der Waals surface area contributed by atoms with Gasteiger partial charge in [0.25, 0.3) is 0 Å². The number of aliphatic hydroxyl groups is 2. The summed E-state index contributed by atoms with van der Waals surface area (Å²) >= 11 is 0. The van der Waals surface area contributed by atoms with E-state index in [1.807, 2.05) is 0 Å². The van der Waals surface area contributed by atoms with E-state index in [1.165, 1.54) is 12.1 Å². The normalized spacial score (nSPS) is 15.4. The average molecular weight is 291 g/mol. The fourth-order valence-electron chi connectivity index (χ4n) is 2.13. The molecule has 0 aliphatic carbocycles. The van der Waals surface area contributed by atoms with Gasteiger partial charge in [0.1, 0.15) is 0 Å². The van der Waals surface area contributed by atoms with Gasteiger partial charge in [-0.1, -0.05) is 18.2 Å². The molecule has 0 saturated heterocycles. The lowest BCUT2D eigenvalue weighted by Crippen LogP contribution is -2.36. The van der Waals surface area contributed by atoms with Crippen LogP contribution < -0.4 is 0 Å². The van der Waals surface area contributed by atoms with E-state index in [4.69, 9.17) is 0 Å². The lowest BCUT2D eigenvalue weighted by molar-refractivity contribution is -0.138. The number of hydrogen-bond acceptors (Lipinski definition) is 3. The zero-order valence-electron chi connectivity index (χ0n) is 11.6. The summed E-state index contributed by atoms with van der Waals surface area (Å²) in [6, 6.07) is 5.35. The molecule has 0 bridgehead atoms. The van der Waals surface area contributed by atoms with Gasteiger partial charge < -0.3 is 10.2 Å². The van der Waals surface area contributed by atoms with Gasteiger partial charge in [-0.3, -0.25) is 4.90 Å². The second-order valence-electron chi connectivity index (χ2n) is 5.05. The van der Waals surface area contributed by atoms with E-state index in [1.54, 1.807) is 24.8 Å². The highest BCUT2D eigenvalue weighted by atomic mass is 19.4. The average Bonchev–Trinajstić information content (AvgIpc) is 2.26. The highest BCUT2D eigenvalue weighted by Crippen LogP contribution is 2.32. The molecule has 2 atom stereocenters. The quantitative estimate of drug-likeness (QED) is 0.845. The van der Waals surface area contributed by atoms with E-state index < -0.39 is 23.9 Å². The maximum Gasteiger partial charge on any atom is 0.416 e. The van der Waals surface area contributed by atoms with Crippen molar-refractivity contribution >= 4 is 0 Å². The summed E-state index contributed by atoms with van der Waals surface area (Å²) in [6.07, 6.45) is -5.75. The molecule has 1 aromatic rings. The Hall–Kier alpha value is -1.11. The Labute approximate surface area is 116 Å². The summed E-state index contributed by atoms with van der Waals surface area (Å²) in [4.78, 5) is 1.61. The summed E-state index contributed by atoms with van der Waals surface area (Å²) in [5, 5.41) is 18.8. The largest absolute Gasteiger partial charge is 0.416 e. The monoisotopic (exact) mass is 291 g/mol. The Kier molecular flexibility index (Phi) is 5.98. The first-order valence-electron chi connectivity index (χ1n) is 6.43. The third-order valence-corrected chi connectivity index (χ3v) is 2.76. The highest BCUT2D eigenvalue weighted by molar-refractivity contribution is 5.29. The molecule has 0 fully saturated rings. The van der Waals surface area contributed by atoms with Crippen molar-refractivity contribution in [3.05, 3.63) is 35.4 Å². The molecule has 0 unspecified atom stereocenters. The number of aliphatic hydroxyl groups excluding tert-OH is 2. The molecule has 0 radical (unpaired) electrons. The Balaban J connectivity index is 2.93. The van der Waals surface area contributed by atoms with Crippen molar-refractivity contribution in [3.63, 3.8) is 0 Å². The van der Waals surface area contributed by atoms with Gasteiger partial charge >= 0.3 is 6.18 Å². The Morgan fingerprint density at radius 2 is 1.55 bits per heavy atom. The first-order valence-corrected chi connectivity index (χ1v) is 6.43. The van der Waals surface area contributed by atoms with Gasteiger partial charge in [0.2, 0.25) is 0 Å². The smallest absolute Gasteiger partial charge is 0.392 e. The van der Waals surface area contributed by atoms with E-state index in [0.717, 1.165) is 6.07 Å². The third kappa shape index (κ3) is 5.48. The van der Waals surface area contributed by atoms with Crippen LogP contribution in [0.4, 0.5) is 13.2 Å². The lowest BCUT2D eigenvalue weighted by atomic mass is 10.1. The van der Waals surface area contributed by atoms with Crippen LogP contribution >= 0.6 is 0 Å². The molecule has 0 saturated carbocycles. The predicted octanol–water partition coefficient (Wildman–Crippen LogP) is 2.27. The van der Waals surface area contributed by atoms with Crippen LogP contribution in [-0.4, -0.2) is 40.4 Å². The number of halogens is 3. The van der Waals surface area contributed by atoms with Crippen LogP contribution in [0.25, 0.3) is 0 Å². The van der Waals surface area contributed by atoms with Gasteiger partial charge in [-0.15, -0.1) is 0 Å². The molecule has 6 heteroatoms. The Morgan fingerprint density at radius 1 is 1.05 bits per heavy atom. The van der Waals surface area contributed by atoms with Crippen molar-refractivity contribution in [2.24, 2.45) is 0 Å². The molecule has 0 aromatic heterocycles. The topological polar surface area (TPSA) is 43.7 Å². The van der Waals surface area contributed by atoms with Crippen LogP contribution in [0.15, 0.2) is 24.3 Å². The minimum Gasteiger partial charge on any atom is -0.392 e. The summed E-state index contributed by atoms with van der Waals surface area (Å²) in [6.45, 7) is 3.56. The molecule has 0 heterocycles. The Morgan fingerprint density at radius 3 is 2.00 bits per heavy atom. The van der Waals surface area contributed by atoms with E-state index in [2.05, 4.69) is 0 Å². The van der Waals surface area contributed by atoms with Crippen LogP contribution in [0.5, 0.6) is 0 Å². The van der Waals surface area contributed by atoms with Crippen LogP contribution in [0.2, 0.25) is 0 Å². The molecule has 0 aliphatic heterocycles. The molecule has 3 nitrogen and oxygen atoms in total. The Bertz CT molecular complexity index is 409. The van der Waals surface area contributed by atoms with Crippen LogP contribution in [-0.2, 0) is 12.7 Å². The van der Waals surface area contributed by atoms with Crippen molar-refractivity contribution in [2.45, 2.75) is 38.8 Å². The molecule has 0 amide bonds. The summed E-state index contributed by atoms with van der Waals surface area (Å²) < 4.78 is 38.7. The van der Waals surface area contributed by atoms with Crippen molar-refractivity contribution in [1.29, 1.82) is 0 Å². The molecule has 1 aromatic carbocycles. The summed E-state index contributed by atoms with van der Waals surface area (Å²) in [5.74, 6) is 0. The first-order chi connectivity index (χ1) is 9.20. The fraction of sp³-hybridized carbons (Fsp3) is 0.571. The molecule has 0 spiro atoms. The zero-order chi connectivity index (χ0) is 15.3. The minimum atomic E-state index is -4.40. The molecular weight excluding hydrogens is 271 g/mol. The summed E-state index contributed by atoms with van der Waals surface area (Å²) in [5.41, 5.74) is -0.539. The van der Waals surface area contributed by atoms with Crippen molar-refractivity contribution in [3.8, 4) is 0 Å². The number of benzene rings is 1. The lowest BCUT2D eigenvalue weighted by Gasteiger charge is -2.26.